The van der Waals surface area contributed by atoms with Gasteiger partial charge in [-0.2, -0.15) is 0 Å². The fourth-order valence-corrected chi connectivity index (χ4v) is 3.31. The molecule has 1 aromatic carbocycles. The summed E-state index contributed by atoms with van der Waals surface area (Å²) < 4.78 is 5.18. The predicted octanol–water partition coefficient (Wildman–Crippen LogP) is 3.07. The fourth-order valence-electron chi connectivity index (χ4n) is 3.31. The fraction of sp³-hybridized carbons (Fsp3) is 0.632. The molecule has 1 unspecified atom stereocenters. The minimum atomic E-state index is 0.273. The molecule has 1 aromatic rings. The number of amides is 1. The van der Waals surface area contributed by atoms with E-state index >= 15 is 0 Å². The molecule has 1 aliphatic rings. The zero-order valence-electron chi connectivity index (χ0n) is 14.7. The number of piperidine rings is 1. The van der Waals surface area contributed by atoms with Gasteiger partial charge in [0, 0.05) is 19.5 Å². The van der Waals surface area contributed by atoms with Crippen molar-refractivity contribution >= 4 is 5.91 Å². The monoisotopic (exact) mass is 318 g/mol. The van der Waals surface area contributed by atoms with Crippen molar-refractivity contribution in [2.45, 2.75) is 39.7 Å². The number of methoxy groups -OCH3 is 1. The lowest BCUT2D eigenvalue weighted by atomic mass is 9.84. The molecule has 0 aliphatic carbocycles. The Balaban J connectivity index is 1.89. The van der Waals surface area contributed by atoms with Crippen LogP contribution >= 0.6 is 0 Å². The van der Waals surface area contributed by atoms with E-state index in [1.54, 1.807) is 7.11 Å². The lowest BCUT2D eigenvalue weighted by molar-refractivity contribution is -0.133. The molecule has 0 spiro atoms. The van der Waals surface area contributed by atoms with Gasteiger partial charge in [-0.1, -0.05) is 19.1 Å². The number of rotatable bonds is 7. The standard InChI is InChI=1S/C19H30N2O2/c1-4-21(14-16-5-7-18(23-3)8-6-16)19(22)13-15(2)17-9-11-20-12-10-17/h5-8,15,17,20H,4,9-14H2,1-3H3. The van der Waals surface area contributed by atoms with E-state index in [0.29, 0.717) is 24.8 Å². The maximum Gasteiger partial charge on any atom is 0.223 e. The van der Waals surface area contributed by atoms with Gasteiger partial charge < -0.3 is 15.0 Å². The SMILES string of the molecule is CCN(Cc1ccc(OC)cc1)C(=O)CC(C)C1CCNCC1. The largest absolute Gasteiger partial charge is 0.497 e. The zero-order valence-corrected chi connectivity index (χ0v) is 14.7. The van der Waals surface area contributed by atoms with Gasteiger partial charge in [0.25, 0.3) is 0 Å². The van der Waals surface area contributed by atoms with Crippen LogP contribution in [0.25, 0.3) is 0 Å². The maximum absolute atomic E-state index is 12.6. The second kappa shape index (κ2) is 8.92. The third-order valence-electron chi connectivity index (χ3n) is 4.95. The van der Waals surface area contributed by atoms with Crippen LogP contribution in [-0.2, 0) is 11.3 Å². The summed E-state index contributed by atoms with van der Waals surface area (Å²) in [5.41, 5.74) is 1.15. The quantitative estimate of drug-likeness (QED) is 0.840. The molecule has 1 amide bonds. The van der Waals surface area contributed by atoms with Gasteiger partial charge in [0.1, 0.15) is 5.75 Å². The second-order valence-corrected chi connectivity index (χ2v) is 6.52. The molecule has 1 heterocycles. The number of ether oxygens (including phenoxy) is 1. The number of carbonyl (C=O) groups is 1. The van der Waals surface area contributed by atoms with Crippen LogP contribution in [0.1, 0.15) is 38.7 Å². The highest BCUT2D eigenvalue weighted by molar-refractivity contribution is 5.76. The third-order valence-corrected chi connectivity index (χ3v) is 4.95. The van der Waals surface area contributed by atoms with E-state index in [9.17, 15) is 4.79 Å². The molecule has 0 saturated carbocycles. The van der Waals surface area contributed by atoms with Gasteiger partial charge in [0.2, 0.25) is 5.91 Å². The Hall–Kier alpha value is -1.55. The average molecular weight is 318 g/mol. The molecule has 1 N–H and O–H groups in total. The van der Waals surface area contributed by atoms with E-state index in [1.807, 2.05) is 29.2 Å². The molecule has 0 aromatic heterocycles. The van der Waals surface area contributed by atoms with Gasteiger partial charge in [-0.3, -0.25) is 4.79 Å². The summed E-state index contributed by atoms with van der Waals surface area (Å²) in [5, 5.41) is 3.39. The van der Waals surface area contributed by atoms with Crippen molar-refractivity contribution in [1.82, 2.24) is 10.2 Å². The van der Waals surface area contributed by atoms with Gasteiger partial charge in [-0.25, -0.2) is 0 Å². The molecule has 1 fully saturated rings. The number of hydrogen-bond acceptors (Lipinski definition) is 3. The van der Waals surface area contributed by atoms with Crippen LogP contribution < -0.4 is 10.1 Å². The first-order valence-corrected chi connectivity index (χ1v) is 8.75. The van der Waals surface area contributed by atoms with Crippen LogP contribution in [0.5, 0.6) is 5.75 Å². The Morgan fingerprint density at radius 2 is 1.96 bits per heavy atom. The van der Waals surface area contributed by atoms with E-state index < -0.39 is 0 Å². The van der Waals surface area contributed by atoms with Gasteiger partial charge in [0.05, 0.1) is 7.11 Å². The summed E-state index contributed by atoms with van der Waals surface area (Å²) in [6.45, 7) is 7.90. The number of carbonyl (C=O) groups excluding carboxylic acids is 1. The lowest BCUT2D eigenvalue weighted by Gasteiger charge is -2.30. The van der Waals surface area contributed by atoms with E-state index in [4.69, 9.17) is 4.74 Å². The van der Waals surface area contributed by atoms with E-state index in [1.165, 1.54) is 12.8 Å². The van der Waals surface area contributed by atoms with E-state index in [0.717, 1.165) is 30.9 Å². The molecular formula is C19H30N2O2. The van der Waals surface area contributed by atoms with Crippen LogP contribution in [0.2, 0.25) is 0 Å². The van der Waals surface area contributed by atoms with Crippen molar-refractivity contribution in [2.75, 3.05) is 26.7 Å². The summed E-state index contributed by atoms with van der Waals surface area (Å²) >= 11 is 0. The summed E-state index contributed by atoms with van der Waals surface area (Å²) in [6, 6.07) is 7.96. The molecule has 4 heteroatoms. The highest BCUT2D eigenvalue weighted by Gasteiger charge is 2.24. The van der Waals surface area contributed by atoms with Crippen LogP contribution in [0.4, 0.5) is 0 Å². The first kappa shape index (κ1) is 17.8. The molecule has 2 rings (SSSR count). The topological polar surface area (TPSA) is 41.6 Å². The lowest BCUT2D eigenvalue weighted by Crippen LogP contribution is -2.35. The number of hydrogen-bond donors (Lipinski definition) is 1. The minimum Gasteiger partial charge on any atom is -0.497 e. The molecule has 128 valence electrons. The molecule has 1 aliphatic heterocycles. The Bertz CT molecular complexity index is 481. The van der Waals surface area contributed by atoms with Crippen molar-refractivity contribution in [3.8, 4) is 5.75 Å². The Labute approximate surface area is 140 Å². The highest BCUT2D eigenvalue weighted by Crippen LogP contribution is 2.25. The zero-order chi connectivity index (χ0) is 16.7. The molecule has 1 saturated heterocycles. The van der Waals surface area contributed by atoms with Gasteiger partial charge in [-0.15, -0.1) is 0 Å². The van der Waals surface area contributed by atoms with E-state index in [2.05, 4.69) is 19.2 Å². The Morgan fingerprint density at radius 3 is 2.52 bits per heavy atom. The highest BCUT2D eigenvalue weighted by atomic mass is 16.5. The van der Waals surface area contributed by atoms with Crippen molar-refractivity contribution in [1.29, 1.82) is 0 Å². The summed E-state index contributed by atoms with van der Waals surface area (Å²) in [6.07, 6.45) is 3.05. The normalized spacial score (nSPS) is 16.8. The van der Waals surface area contributed by atoms with Crippen molar-refractivity contribution in [2.24, 2.45) is 11.8 Å². The van der Waals surface area contributed by atoms with Crippen LogP contribution in [-0.4, -0.2) is 37.6 Å². The molecular weight excluding hydrogens is 288 g/mol. The summed E-state index contributed by atoms with van der Waals surface area (Å²) in [5.74, 6) is 2.27. The smallest absolute Gasteiger partial charge is 0.223 e. The van der Waals surface area contributed by atoms with Gasteiger partial charge >= 0.3 is 0 Å². The minimum absolute atomic E-state index is 0.273. The van der Waals surface area contributed by atoms with E-state index in [-0.39, 0.29) is 5.91 Å². The first-order valence-electron chi connectivity index (χ1n) is 8.75. The molecule has 0 radical (unpaired) electrons. The second-order valence-electron chi connectivity index (χ2n) is 6.52. The molecule has 1 atom stereocenters. The maximum atomic E-state index is 12.6. The van der Waals surface area contributed by atoms with Crippen molar-refractivity contribution < 1.29 is 9.53 Å². The van der Waals surface area contributed by atoms with Crippen LogP contribution in [0.3, 0.4) is 0 Å². The number of benzene rings is 1. The molecule has 0 bridgehead atoms. The first-order chi connectivity index (χ1) is 11.1. The number of nitrogens with one attached hydrogen (secondary N) is 1. The van der Waals surface area contributed by atoms with Crippen LogP contribution in [0, 0.1) is 11.8 Å². The van der Waals surface area contributed by atoms with Crippen LogP contribution in [0.15, 0.2) is 24.3 Å². The molecule has 4 nitrogen and oxygen atoms in total. The molecule has 23 heavy (non-hydrogen) atoms. The average Bonchev–Trinajstić information content (AvgIpc) is 2.60. The third kappa shape index (κ3) is 5.24. The number of nitrogens with zero attached hydrogens (tertiary/aromatic N) is 1. The predicted molar refractivity (Wildman–Crippen MR) is 93.5 cm³/mol. The Morgan fingerprint density at radius 1 is 1.30 bits per heavy atom. The summed E-state index contributed by atoms with van der Waals surface area (Å²) in [4.78, 5) is 14.6. The van der Waals surface area contributed by atoms with Crippen molar-refractivity contribution in [3.05, 3.63) is 29.8 Å². The Kier molecular flexibility index (Phi) is 6.90. The van der Waals surface area contributed by atoms with Crippen molar-refractivity contribution in [3.63, 3.8) is 0 Å². The summed E-state index contributed by atoms with van der Waals surface area (Å²) in [7, 11) is 1.67. The van der Waals surface area contributed by atoms with Gasteiger partial charge in [0.15, 0.2) is 0 Å². The van der Waals surface area contributed by atoms with Gasteiger partial charge in [-0.05, 0) is 62.4 Å².